The number of aromatic nitrogens is 1. The molecule has 2 unspecified atom stereocenters. The lowest BCUT2D eigenvalue weighted by atomic mass is 9.98. The average Bonchev–Trinajstić information content (AvgIpc) is 3.78. The second-order valence-corrected chi connectivity index (χ2v) is 13.1. The Balaban J connectivity index is 0.879. The van der Waals surface area contributed by atoms with Crippen LogP contribution in [-0.4, -0.2) is 71.7 Å². The number of nitrogens with one attached hydrogen (secondary N) is 3. The molecule has 11 heteroatoms. The highest BCUT2D eigenvalue weighted by Crippen LogP contribution is 2.31. The highest BCUT2D eigenvalue weighted by atomic mass is 16.6. The number of phenols is 1. The van der Waals surface area contributed by atoms with Gasteiger partial charge < -0.3 is 40.0 Å². The highest BCUT2D eigenvalue weighted by Gasteiger charge is 2.40. The van der Waals surface area contributed by atoms with Crippen LogP contribution in [-0.2, 0) is 11.3 Å². The average molecular weight is 691 g/mol. The van der Waals surface area contributed by atoms with Crippen LogP contribution in [0.4, 0.5) is 4.79 Å². The summed E-state index contributed by atoms with van der Waals surface area (Å²) in [7, 11) is 0. The van der Waals surface area contributed by atoms with Gasteiger partial charge in [-0.25, -0.2) is 4.79 Å². The first-order valence-corrected chi connectivity index (χ1v) is 17.3. The second kappa shape index (κ2) is 15.7. The first kappa shape index (κ1) is 34.1. The van der Waals surface area contributed by atoms with Crippen LogP contribution in [0.5, 0.6) is 17.2 Å². The van der Waals surface area contributed by atoms with Crippen molar-refractivity contribution in [3.63, 3.8) is 0 Å². The van der Waals surface area contributed by atoms with Gasteiger partial charge in [0, 0.05) is 43.5 Å². The summed E-state index contributed by atoms with van der Waals surface area (Å²) >= 11 is 0. The molecule has 2 bridgehead atoms. The van der Waals surface area contributed by atoms with E-state index in [9.17, 15) is 19.8 Å². The Hall–Kier alpha value is -5.36. The number of rotatable bonds is 14. The largest absolute Gasteiger partial charge is 0.506 e. The van der Waals surface area contributed by atoms with E-state index < -0.39 is 18.2 Å². The van der Waals surface area contributed by atoms with E-state index in [1.165, 1.54) is 12.1 Å². The van der Waals surface area contributed by atoms with Gasteiger partial charge in [0.25, 0.3) is 0 Å². The molecular weight excluding hydrogens is 648 g/mol. The van der Waals surface area contributed by atoms with E-state index >= 15 is 0 Å². The monoisotopic (exact) mass is 690 g/mol. The van der Waals surface area contributed by atoms with E-state index in [2.05, 4.69) is 20.5 Å². The lowest BCUT2D eigenvalue weighted by Gasteiger charge is -2.25. The number of aromatic amines is 1. The van der Waals surface area contributed by atoms with Gasteiger partial charge in [0.05, 0.1) is 17.7 Å². The van der Waals surface area contributed by atoms with Crippen LogP contribution in [0.3, 0.4) is 0 Å². The number of benzene rings is 4. The van der Waals surface area contributed by atoms with Crippen LogP contribution in [0.15, 0.2) is 108 Å². The standard InChI is InChI=1S/C40H42N4O7/c45-34-15-13-32(33-14-16-37(47)42-39(33)34)35(46)23-41-22-26-9-11-30(12-10-26)49-19-20-50-31-8-4-7-28(21-31)38(27-5-2-1-3-6-27)43-40(48)51-36-25-44-18-17-29(36)24-44/h1-16,21,29,35-36,38,41,45-46H,17-20,22-25H2,(H,42,47)(H,43,48)/t29?,35-,36-,38-/m0/s1. The van der Waals surface area contributed by atoms with Crippen molar-refractivity contribution in [1.82, 2.24) is 20.5 Å². The maximum atomic E-state index is 13.0. The van der Waals surface area contributed by atoms with E-state index in [1.54, 1.807) is 12.1 Å². The molecular formula is C40H42N4O7. The fourth-order valence-electron chi connectivity index (χ4n) is 6.98. The van der Waals surface area contributed by atoms with Crippen LogP contribution in [0, 0.1) is 5.92 Å². The lowest BCUT2D eigenvalue weighted by molar-refractivity contribution is 0.0673. The first-order chi connectivity index (χ1) is 24.9. The molecule has 5 N–H and O–H groups in total. The Bertz CT molecular complexity index is 2000. The molecule has 1 aromatic heterocycles. The predicted octanol–water partition coefficient (Wildman–Crippen LogP) is 5.03. The lowest BCUT2D eigenvalue weighted by Crippen LogP contribution is -2.37. The molecule has 3 heterocycles. The number of hydrogen-bond donors (Lipinski definition) is 5. The van der Waals surface area contributed by atoms with Crippen LogP contribution in [0.2, 0.25) is 0 Å². The van der Waals surface area contributed by atoms with Crippen LogP contribution < -0.4 is 25.7 Å². The summed E-state index contributed by atoms with van der Waals surface area (Å²) in [5.41, 5.74) is 3.45. The highest BCUT2D eigenvalue weighted by molar-refractivity contribution is 5.87. The number of alkyl carbamates (subject to hydrolysis) is 1. The van der Waals surface area contributed by atoms with Gasteiger partial charge in [-0.15, -0.1) is 0 Å². The number of fused-ring (bicyclic) bond motifs is 3. The zero-order valence-electron chi connectivity index (χ0n) is 28.2. The number of phenolic OH excluding ortho intramolecular Hbond substituents is 1. The summed E-state index contributed by atoms with van der Waals surface area (Å²) in [5.74, 6) is 1.75. The molecule has 7 rings (SSSR count). The molecule has 51 heavy (non-hydrogen) atoms. The van der Waals surface area contributed by atoms with Gasteiger partial charge in [-0.3, -0.25) is 9.69 Å². The molecule has 2 fully saturated rings. The minimum Gasteiger partial charge on any atom is -0.506 e. The van der Waals surface area contributed by atoms with E-state index in [0.29, 0.717) is 53.6 Å². The zero-order chi connectivity index (χ0) is 35.2. The van der Waals surface area contributed by atoms with Gasteiger partial charge >= 0.3 is 6.09 Å². The number of carbonyl (C=O) groups is 1. The van der Waals surface area contributed by atoms with Gasteiger partial charge in [0.2, 0.25) is 5.56 Å². The fourth-order valence-corrected chi connectivity index (χ4v) is 6.98. The number of ether oxygens (including phenoxy) is 3. The molecule has 0 aliphatic carbocycles. The normalized spacial score (nSPS) is 19.0. The fraction of sp³-hybridized carbons (Fsp3) is 0.300. The third kappa shape index (κ3) is 8.34. The summed E-state index contributed by atoms with van der Waals surface area (Å²) in [6.45, 7) is 4.37. The summed E-state index contributed by atoms with van der Waals surface area (Å²) in [4.78, 5) is 29.7. The molecule has 0 spiro atoms. The van der Waals surface area contributed by atoms with Crippen molar-refractivity contribution in [1.29, 1.82) is 0 Å². The van der Waals surface area contributed by atoms with Crippen molar-refractivity contribution in [3.8, 4) is 17.2 Å². The van der Waals surface area contributed by atoms with Gasteiger partial charge in [0.15, 0.2) is 0 Å². The Labute approximate surface area is 295 Å². The molecule has 2 aliphatic rings. The minimum absolute atomic E-state index is 0.0426. The van der Waals surface area contributed by atoms with Gasteiger partial charge in [0.1, 0.15) is 36.6 Å². The first-order valence-electron chi connectivity index (χ1n) is 17.3. The number of amides is 1. The van der Waals surface area contributed by atoms with Gasteiger partial charge in [-0.1, -0.05) is 60.7 Å². The third-order valence-electron chi connectivity index (χ3n) is 9.59. The topological polar surface area (TPSA) is 145 Å². The van der Waals surface area contributed by atoms with E-state index in [-0.39, 0.29) is 24.0 Å². The molecule has 5 aromatic rings. The van der Waals surface area contributed by atoms with Crippen molar-refractivity contribution < 1.29 is 29.2 Å². The SMILES string of the molecule is O=C(N[C@@H](c1ccccc1)c1cccc(OCCOc2ccc(CNC[C@H](O)c3ccc(O)c4[nH]c(=O)ccc34)cc2)c1)O[C@H]1CN2CCC1C2. The minimum atomic E-state index is -0.838. The summed E-state index contributed by atoms with van der Waals surface area (Å²) in [5, 5.41) is 27.9. The Morgan fingerprint density at radius 3 is 2.43 bits per heavy atom. The molecule has 0 radical (unpaired) electrons. The quantitative estimate of drug-likeness (QED) is 0.101. The number of pyridine rings is 1. The van der Waals surface area contributed by atoms with Crippen molar-refractivity contribution >= 4 is 17.0 Å². The van der Waals surface area contributed by atoms with Crippen molar-refractivity contribution in [2.24, 2.45) is 5.92 Å². The Morgan fingerprint density at radius 1 is 0.882 bits per heavy atom. The number of H-pyrrole nitrogens is 1. The maximum Gasteiger partial charge on any atom is 0.408 e. The number of piperidine rings is 1. The van der Waals surface area contributed by atoms with Gasteiger partial charge in [-0.2, -0.15) is 0 Å². The number of aromatic hydroxyl groups is 1. The van der Waals surface area contributed by atoms with E-state index in [0.717, 1.165) is 42.7 Å². The number of hydrogen-bond acceptors (Lipinski definition) is 9. The Kier molecular flexibility index (Phi) is 10.5. The maximum absolute atomic E-state index is 13.0. The second-order valence-electron chi connectivity index (χ2n) is 13.1. The van der Waals surface area contributed by atoms with E-state index in [4.69, 9.17) is 14.2 Å². The van der Waals surface area contributed by atoms with Crippen LogP contribution >= 0.6 is 0 Å². The number of aliphatic hydroxyl groups excluding tert-OH is 1. The molecule has 2 saturated heterocycles. The zero-order valence-corrected chi connectivity index (χ0v) is 28.2. The smallest absolute Gasteiger partial charge is 0.408 e. The molecule has 0 saturated carbocycles. The predicted molar refractivity (Wildman–Crippen MR) is 193 cm³/mol. The third-order valence-corrected chi connectivity index (χ3v) is 9.59. The van der Waals surface area contributed by atoms with Gasteiger partial charge in [-0.05, 0) is 71.6 Å². The molecule has 4 aromatic carbocycles. The van der Waals surface area contributed by atoms with Crippen molar-refractivity contribution in [2.45, 2.75) is 31.2 Å². The summed E-state index contributed by atoms with van der Waals surface area (Å²) in [6, 6.07) is 30.9. The Morgan fingerprint density at radius 2 is 1.67 bits per heavy atom. The van der Waals surface area contributed by atoms with Crippen LogP contribution in [0.1, 0.15) is 40.8 Å². The van der Waals surface area contributed by atoms with E-state index in [1.807, 2.05) is 78.9 Å². The summed E-state index contributed by atoms with van der Waals surface area (Å²) in [6.07, 6.45) is -0.239. The van der Waals surface area contributed by atoms with Crippen molar-refractivity contribution in [2.75, 3.05) is 39.4 Å². The molecule has 11 nitrogen and oxygen atoms in total. The molecule has 1 amide bonds. The number of nitrogens with zero attached hydrogens (tertiary/aromatic N) is 1. The molecule has 5 atom stereocenters. The number of aliphatic hydroxyl groups is 1. The summed E-state index contributed by atoms with van der Waals surface area (Å²) < 4.78 is 17.8. The number of carbonyl (C=O) groups excluding carboxylic acids is 1. The van der Waals surface area contributed by atoms with Crippen molar-refractivity contribution in [3.05, 3.63) is 136 Å². The van der Waals surface area contributed by atoms with Crippen LogP contribution in [0.25, 0.3) is 10.9 Å². The molecule has 2 aliphatic heterocycles. The molecule has 264 valence electrons.